The van der Waals surface area contributed by atoms with Crippen LogP contribution in [0.2, 0.25) is 0 Å². The molecule has 0 spiro atoms. The third-order valence-corrected chi connectivity index (χ3v) is 7.57. The fraction of sp³-hybridized carbons (Fsp3) is 0.240. The number of para-hydroxylation sites is 1. The summed E-state index contributed by atoms with van der Waals surface area (Å²) in [5.74, 6) is -0.0312. The summed E-state index contributed by atoms with van der Waals surface area (Å²) < 4.78 is 27.0. The molecule has 3 aromatic rings. The molecule has 7 heteroatoms. The molecule has 1 aliphatic heterocycles. The third-order valence-electron chi connectivity index (χ3n) is 5.66. The van der Waals surface area contributed by atoms with Crippen molar-refractivity contribution in [3.63, 3.8) is 0 Å². The van der Waals surface area contributed by atoms with Gasteiger partial charge in [-0.15, -0.1) is 0 Å². The van der Waals surface area contributed by atoms with E-state index in [1.54, 1.807) is 35.2 Å². The van der Waals surface area contributed by atoms with Gasteiger partial charge in [-0.1, -0.05) is 66.7 Å². The summed E-state index contributed by atoms with van der Waals surface area (Å²) in [6.07, 6.45) is 0.786. The molecule has 1 aliphatic rings. The zero-order valence-electron chi connectivity index (χ0n) is 17.9. The molecule has 0 aliphatic carbocycles. The van der Waals surface area contributed by atoms with Crippen molar-refractivity contribution in [3.05, 3.63) is 96.1 Å². The Morgan fingerprint density at radius 2 is 1.38 bits per heavy atom. The largest absolute Gasteiger partial charge is 0.376 e. The molecule has 0 atom stereocenters. The van der Waals surface area contributed by atoms with Gasteiger partial charge in [0.1, 0.15) is 0 Å². The topological polar surface area (TPSA) is 69.7 Å². The normalized spacial score (nSPS) is 14.8. The molecule has 1 amide bonds. The van der Waals surface area contributed by atoms with Crippen molar-refractivity contribution in [1.29, 1.82) is 0 Å². The maximum absolute atomic E-state index is 12.8. The van der Waals surface area contributed by atoms with Gasteiger partial charge in [0.2, 0.25) is 15.9 Å². The molecular weight excluding hydrogens is 422 g/mol. The number of carbonyl (C=O) groups is 1. The van der Waals surface area contributed by atoms with Crippen LogP contribution in [0.1, 0.15) is 11.1 Å². The van der Waals surface area contributed by atoms with E-state index in [0.29, 0.717) is 26.2 Å². The van der Waals surface area contributed by atoms with Crippen molar-refractivity contribution < 1.29 is 13.2 Å². The quantitative estimate of drug-likeness (QED) is 0.601. The van der Waals surface area contributed by atoms with E-state index >= 15 is 0 Å². The second kappa shape index (κ2) is 9.97. The highest BCUT2D eigenvalue weighted by atomic mass is 32.2. The summed E-state index contributed by atoms with van der Waals surface area (Å²) in [7, 11) is -3.52. The van der Waals surface area contributed by atoms with Crippen molar-refractivity contribution in [2.24, 2.45) is 0 Å². The zero-order chi connectivity index (χ0) is 22.4. The Hall–Kier alpha value is -3.16. The van der Waals surface area contributed by atoms with Gasteiger partial charge >= 0.3 is 0 Å². The van der Waals surface area contributed by atoms with Crippen LogP contribution >= 0.6 is 0 Å². The van der Waals surface area contributed by atoms with Crippen LogP contribution in [0.15, 0.2) is 89.8 Å². The van der Waals surface area contributed by atoms with Crippen molar-refractivity contribution >= 4 is 21.6 Å². The fourth-order valence-corrected chi connectivity index (χ4v) is 5.31. The maximum Gasteiger partial charge on any atom is 0.243 e. The van der Waals surface area contributed by atoms with E-state index in [4.69, 9.17) is 0 Å². The van der Waals surface area contributed by atoms with Crippen molar-refractivity contribution in [2.45, 2.75) is 11.3 Å². The van der Waals surface area contributed by atoms with Gasteiger partial charge in [-0.2, -0.15) is 4.31 Å². The second-order valence-electron chi connectivity index (χ2n) is 7.77. The first-order chi connectivity index (χ1) is 15.5. The molecule has 0 aromatic heterocycles. The lowest BCUT2D eigenvalue weighted by Crippen LogP contribution is -2.51. The molecule has 0 bridgehead atoms. The Morgan fingerprint density at radius 1 is 0.781 bits per heavy atom. The number of hydrogen-bond acceptors (Lipinski definition) is 4. The number of benzene rings is 3. The number of nitrogens with zero attached hydrogens (tertiary/aromatic N) is 2. The molecule has 3 aromatic carbocycles. The zero-order valence-corrected chi connectivity index (χ0v) is 18.7. The Bertz CT molecular complexity index is 1140. The summed E-state index contributed by atoms with van der Waals surface area (Å²) in [4.78, 5) is 14.8. The highest BCUT2D eigenvalue weighted by molar-refractivity contribution is 7.89. The molecule has 1 fully saturated rings. The standard InChI is InChI=1S/C25H27N3O3S/c29-25(20-26-24-14-8-7-11-22(24)19-21-9-3-1-4-10-21)27-15-17-28(18-16-27)32(30,31)23-12-5-2-6-13-23/h1-14,26H,15-20H2. The number of hydrogen-bond donors (Lipinski definition) is 1. The average Bonchev–Trinajstić information content (AvgIpc) is 2.84. The fourth-order valence-electron chi connectivity index (χ4n) is 3.86. The van der Waals surface area contributed by atoms with Gasteiger partial charge in [0.05, 0.1) is 11.4 Å². The van der Waals surface area contributed by atoms with E-state index in [9.17, 15) is 13.2 Å². The summed E-state index contributed by atoms with van der Waals surface area (Å²) in [6.45, 7) is 1.55. The van der Waals surface area contributed by atoms with Crippen LogP contribution in [-0.4, -0.2) is 56.3 Å². The van der Waals surface area contributed by atoms with Gasteiger partial charge in [-0.25, -0.2) is 8.42 Å². The molecule has 166 valence electrons. The number of sulfonamides is 1. The lowest BCUT2D eigenvalue weighted by atomic mass is 10.0. The van der Waals surface area contributed by atoms with Crippen LogP contribution in [0.25, 0.3) is 0 Å². The monoisotopic (exact) mass is 449 g/mol. The molecule has 0 radical (unpaired) electrons. The van der Waals surface area contributed by atoms with Gasteiger partial charge in [0.15, 0.2) is 0 Å². The van der Waals surface area contributed by atoms with Crippen LogP contribution in [0.5, 0.6) is 0 Å². The molecule has 0 unspecified atom stereocenters. The SMILES string of the molecule is O=C(CNc1ccccc1Cc1ccccc1)N1CCN(S(=O)(=O)c2ccccc2)CC1. The Morgan fingerprint density at radius 3 is 2.06 bits per heavy atom. The summed E-state index contributed by atoms with van der Waals surface area (Å²) in [5.41, 5.74) is 3.28. The predicted octanol–water partition coefficient (Wildman–Crippen LogP) is 3.22. The minimum Gasteiger partial charge on any atom is -0.376 e. The van der Waals surface area contributed by atoms with E-state index in [2.05, 4.69) is 23.5 Å². The number of rotatable bonds is 7. The number of amides is 1. The summed E-state index contributed by atoms with van der Waals surface area (Å²) >= 11 is 0. The first-order valence-corrected chi connectivity index (χ1v) is 12.2. The minimum atomic E-state index is -3.52. The van der Waals surface area contributed by atoms with E-state index < -0.39 is 10.0 Å². The summed E-state index contributed by atoms with van der Waals surface area (Å²) in [5, 5.41) is 3.27. The average molecular weight is 450 g/mol. The Kier molecular flexibility index (Phi) is 6.87. The molecule has 1 heterocycles. The molecule has 1 saturated heterocycles. The van der Waals surface area contributed by atoms with Crippen molar-refractivity contribution in [2.75, 3.05) is 38.0 Å². The number of piperazine rings is 1. The number of anilines is 1. The molecule has 6 nitrogen and oxygen atoms in total. The molecule has 0 saturated carbocycles. The van der Waals surface area contributed by atoms with Gasteiger partial charge in [-0.05, 0) is 35.7 Å². The summed E-state index contributed by atoms with van der Waals surface area (Å²) in [6, 6.07) is 26.6. The van der Waals surface area contributed by atoms with E-state index in [1.165, 1.54) is 9.87 Å². The maximum atomic E-state index is 12.8. The first kappa shape index (κ1) is 22.0. The predicted molar refractivity (Wildman–Crippen MR) is 126 cm³/mol. The minimum absolute atomic E-state index is 0.0312. The smallest absolute Gasteiger partial charge is 0.243 e. The Labute approximate surface area is 189 Å². The highest BCUT2D eigenvalue weighted by Gasteiger charge is 2.29. The molecule has 4 rings (SSSR count). The highest BCUT2D eigenvalue weighted by Crippen LogP contribution is 2.20. The second-order valence-corrected chi connectivity index (χ2v) is 9.71. The third kappa shape index (κ3) is 5.18. The van der Waals surface area contributed by atoms with Crippen LogP contribution in [0.3, 0.4) is 0 Å². The number of nitrogens with one attached hydrogen (secondary N) is 1. The van der Waals surface area contributed by atoms with Gasteiger partial charge < -0.3 is 10.2 Å². The van der Waals surface area contributed by atoms with E-state index in [0.717, 1.165) is 17.7 Å². The lowest BCUT2D eigenvalue weighted by molar-refractivity contribution is -0.130. The molecule has 32 heavy (non-hydrogen) atoms. The van der Waals surface area contributed by atoms with E-state index in [-0.39, 0.29) is 17.3 Å². The van der Waals surface area contributed by atoms with Gasteiger partial charge in [0, 0.05) is 31.9 Å². The van der Waals surface area contributed by atoms with Crippen LogP contribution in [-0.2, 0) is 21.2 Å². The van der Waals surface area contributed by atoms with Crippen molar-refractivity contribution in [1.82, 2.24) is 9.21 Å². The number of carbonyl (C=O) groups excluding carboxylic acids is 1. The van der Waals surface area contributed by atoms with Crippen LogP contribution < -0.4 is 5.32 Å². The molecule has 1 N–H and O–H groups in total. The van der Waals surface area contributed by atoms with E-state index in [1.807, 2.05) is 36.4 Å². The molecular formula is C25H27N3O3S. The van der Waals surface area contributed by atoms with Crippen LogP contribution in [0, 0.1) is 0 Å². The van der Waals surface area contributed by atoms with Crippen LogP contribution in [0.4, 0.5) is 5.69 Å². The Balaban J connectivity index is 1.33. The first-order valence-electron chi connectivity index (χ1n) is 10.7. The lowest BCUT2D eigenvalue weighted by Gasteiger charge is -2.34. The van der Waals surface area contributed by atoms with Crippen molar-refractivity contribution in [3.8, 4) is 0 Å². The van der Waals surface area contributed by atoms with Gasteiger partial charge in [-0.3, -0.25) is 4.79 Å². The van der Waals surface area contributed by atoms with Gasteiger partial charge in [0.25, 0.3) is 0 Å².